The number of carbonyl (C=O) groups is 8. The molecule has 0 radical (unpaired) electrons. The summed E-state index contributed by atoms with van der Waals surface area (Å²) in [4.78, 5) is 102. The molecule has 16 nitrogen and oxygen atoms in total. The van der Waals surface area contributed by atoms with Crippen LogP contribution in [0.2, 0.25) is 0 Å². The molecule has 6 rings (SSSR count). The lowest BCUT2D eigenvalue weighted by Crippen LogP contribution is -2.50. The predicted octanol–water partition coefficient (Wildman–Crippen LogP) is 6.31. The fraction of sp³-hybridized carbons (Fsp3) is 0.407. The number of hydrogen-bond acceptors (Lipinski definition) is 14. The van der Waals surface area contributed by atoms with Crippen LogP contribution in [0.1, 0.15) is 72.6 Å². The van der Waals surface area contributed by atoms with Crippen LogP contribution in [0.3, 0.4) is 0 Å². The Labute approximate surface area is 409 Å². The highest BCUT2D eigenvalue weighted by Gasteiger charge is 2.57. The first-order valence-corrected chi connectivity index (χ1v) is 22.9. The Morgan fingerprint density at radius 3 is 0.957 bits per heavy atom. The fourth-order valence-corrected chi connectivity index (χ4v) is 9.82. The van der Waals surface area contributed by atoms with E-state index in [0.717, 1.165) is 33.6 Å². The summed E-state index contributed by atoms with van der Waals surface area (Å²) in [5.74, 6) is -3.63. The molecule has 2 aliphatic rings. The van der Waals surface area contributed by atoms with Crippen LogP contribution in [-0.4, -0.2) is 118 Å². The first-order chi connectivity index (χ1) is 33.4. The van der Waals surface area contributed by atoms with Crippen molar-refractivity contribution in [2.45, 2.75) is 50.4 Å². The zero-order chi connectivity index (χ0) is 51.4. The monoisotopic (exact) mass is 960 g/mol. The molecule has 8 atom stereocenters. The van der Waals surface area contributed by atoms with Crippen LogP contribution in [0.5, 0.6) is 0 Å². The number of rotatable bonds is 20. The molecule has 0 aromatic heterocycles. The van der Waals surface area contributed by atoms with Gasteiger partial charge in [-0.15, -0.1) is 0 Å². The van der Waals surface area contributed by atoms with Gasteiger partial charge in [-0.2, -0.15) is 0 Å². The van der Waals surface area contributed by atoms with Crippen molar-refractivity contribution in [1.29, 1.82) is 0 Å². The highest BCUT2D eigenvalue weighted by Crippen LogP contribution is 2.59. The Morgan fingerprint density at radius 1 is 0.443 bits per heavy atom. The number of esters is 2. The smallest absolute Gasteiger partial charge is 0.309 e. The van der Waals surface area contributed by atoms with Crippen LogP contribution < -0.4 is 19.6 Å². The number of Topliss-reactive ketones (excluding diaryl/α,β-unsaturated/α-hetero) is 2. The van der Waals surface area contributed by atoms with E-state index < -0.39 is 11.8 Å². The van der Waals surface area contributed by atoms with Gasteiger partial charge in [-0.1, -0.05) is 48.5 Å². The maximum Gasteiger partial charge on any atom is 0.309 e. The number of ether oxygens (including phenoxy) is 4. The van der Waals surface area contributed by atoms with Gasteiger partial charge in [0.25, 0.3) is 12.9 Å². The zero-order valence-corrected chi connectivity index (χ0v) is 41.5. The molecule has 70 heavy (non-hydrogen) atoms. The van der Waals surface area contributed by atoms with Crippen molar-refractivity contribution in [3.05, 3.63) is 119 Å². The summed E-state index contributed by atoms with van der Waals surface area (Å²) < 4.78 is 20.4. The number of carbonyl (C=O) groups excluding carboxylic acids is 8. The standard InChI is InChI=1S/2C27H32N2O6/c2*1-17(31)14-23(32)29(4)21-12-8-19(9-13-21)25-24(18-6-10-20(11-7-18)28(2)3)22(15-35-16-30)26(25)27(33)34-5/h2*6-13,16,22,24-26H,14-15H2,1-5H3/t2*22-,24-,25+,26+/m10/s1. The summed E-state index contributed by atoms with van der Waals surface area (Å²) in [5, 5.41) is 0. The van der Waals surface area contributed by atoms with E-state index in [-0.39, 0.29) is 96.9 Å². The van der Waals surface area contributed by atoms with Gasteiger partial charge in [-0.05, 0) is 96.5 Å². The first-order valence-electron chi connectivity index (χ1n) is 22.9. The van der Waals surface area contributed by atoms with Crippen molar-refractivity contribution in [2.24, 2.45) is 23.7 Å². The summed E-state index contributed by atoms with van der Waals surface area (Å²) in [5.41, 5.74) is 7.33. The van der Waals surface area contributed by atoms with Gasteiger partial charge in [0.1, 0.15) is 11.6 Å². The lowest BCUT2D eigenvalue weighted by Gasteiger charge is -2.50. The quantitative estimate of drug-likeness (QED) is 0.0415. The van der Waals surface area contributed by atoms with Crippen LogP contribution in [0.4, 0.5) is 22.7 Å². The number of anilines is 4. The molecule has 0 saturated heterocycles. The van der Waals surface area contributed by atoms with Crippen LogP contribution in [0.15, 0.2) is 97.1 Å². The minimum atomic E-state index is -0.485. The maximum absolute atomic E-state index is 12.8. The third kappa shape index (κ3) is 12.3. The summed E-state index contributed by atoms with van der Waals surface area (Å²) in [6.07, 6.45) is -0.316. The SMILES string of the molecule is COC(=O)[C@@H]1[C@@H](COC=O)[C@H](c2ccc(N(C)C)cc2)[C@H]1c1ccc(N(C)C(=O)CC(C)=O)cc1.COC(=O)[C@H]1[C@H](COC=O)[C@@H](c2ccc(N(C)C)cc2)[C@@H]1c1ccc(N(C)C(=O)CC(C)=O)cc1. The van der Waals surface area contributed by atoms with E-state index in [0.29, 0.717) is 24.3 Å². The number of benzene rings is 4. The topological polar surface area (TPSA) is 186 Å². The largest absolute Gasteiger partial charge is 0.469 e. The molecule has 4 aromatic rings. The normalized spacial score (nSPS) is 20.8. The van der Waals surface area contributed by atoms with E-state index >= 15 is 0 Å². The van der Waals surface area contributed by atoms with Gasteiger partial charge < -0.3 is 38.5 Å². The second kappa shape index (κ2) is 24.3. The molecular formula is C54H64N4O12. The molecule has 2 aliphatic carbocycles. The van der Waals surface area contributed by atoms with Crippen molar-refractivity contribution >= 4 is 71.0 Å². The Bertz CT molecular complexity index is 2300. The van der Waals surface area contributed by atoms with Crippen LogP contribution in [-0.2, 0) is 57.3 Å². The van der Waals surface area contributed by atoms with Crippen LogP contribution in [0, 0.1) is 23.7 Å². The Balaban J connectivity index is 0.000000261. The summed E-state index contributed by atoms with van der Waals surface area (Å²) in [6, 6.07) is 31.1. The number of methoxy groups -OCH3 is 2. The zero-order valence-electron chi connectivity index (χ0n) is 41.5. The van der Waals surface area contributed by atoms with Gasteiger partial charge in [0.05, 0.1) is 52.1 Å². The number of nitrogens with zero attached hydrogens (tertiary/aromatic N) is 4. The maximum atomic E-state index is 12.8. The van der Waals surface area contributed by atoms with Gasteiger partial charge in [-0.25, -0.2) is 0 Å². The summed E-state index contributed by atoms with van der Waals surface area (Å²) >= 11 is 0. The van der Waals surface area contributed by atoms with Crippen molar-refractivity contribution < 1.29 is 57.3 Å². The van der Waals surface area contributed by atoms with E-state index in [1.807, 2.05) is 135 Å². The van der Waals surface area contributed by atoms with Crippen LogP contribution >= 0.6 is 0 Å². The Hall–Kier alpha value is -7.36. The third-order valence-corrected chi connectivity index (χ3v) is 13.5. The summed E-state index contributed by atoms with van der Waals surface area (Å²) in [7, 11) is 13.8. The lowest BCUT2D eigenvalue weighted by molar-refractivity contribution is -0.159. The van der Waals surface area contributed by atoms with E-state index in [4.69, 9.17) is 18.9 Å². The average molecular weight is 961 g/mol. The van der Waals surface area contributed by atoms with Gasteiger partial charge in [0, 0.05) is 88.7 Å². The molecule has 16 heteroatoms. The molecule has 0 aliphatic heterocycles. The van der Waals surface area contributed by atoms with E-state index in [1.54, 1.807) is 14.1 Å². The molecule has 0 bridgehead atoms. The number of amides is 2. The minimum absolute atomic E-state index is 0.0711. The second-order valence-electron chi connectivity index (χ2n) is 18.2. The third-order valence-electron chi connectivity index (χ3n) is 13.5. The van der Waals surface area contributed by atoms with Crippen molar-refractivity contribution in [3.63, 3.8) is 0 Å². The van der Waals surface area contributed by atoms with E-state index in [1.165, 1.54) is 37.9 Å². The fourth-order valence-electron chi connectivity index (χ4n) is 9.82. The Morgan fingerprint density at radius 2 is 0.714 bits per heavy atom. The molecule has 2 amide bonds. The Kier molecular flexibility index (Phi) is 18.6. The van der Waals surface area contributed by atoms with Crippen molar-refractivity contribution in [1.82, 2.24) is 0 Å². The highest BCUT2D eigenvalue weighted by atomic mass is 16.5. The lowest BCUT2D eigenvalue weighted by atomic mass is 9.52. The molecule has 4 aromatic carbocycles. The molecule has 372 valence electrons. The van der Waals surface area contributed by atoms with E-state index in [2.05, 4.69) is 0 Å². The summed E-state index contributed by atoms with van der Waals surface area (Å²) in [6.45, 7) is 3.79. The highest BCUT2D eigenvalue weighted by molar-refractivity contribution is 6.05. The molecule has 0 spiro atoms. The van der Waals surface area contributed by atoms with Gasteiger partial charge >= 0.3 is 11.9 Å². The van der Waals surface area contributed by atoms with E-state index in [9.17, 15) is 38.4 Å². The first kappa shape index (κ1) is 53.6. The number of ketones is 2. The molecule has 2 saturated carbocycles. The van der Waals surface area contributed by atoms with Crippen LogP contribution in [0.25, 0.3) is 0 Å². The molecule has 0 heterocycles. The predicted molar refractivity (Wildman–Crippen MR) is 265 cm³/mol. The average Bonchev–Trinajstić information content (AvgIpc) is 3.33. The van der Waals surface area contributed by atoms with Crippen molar-refractivity contribution in [3.8, 4) is 0 Å². The molecule has 0 N–H and O–H groups in total. The second-order valence-corrected chi connectivity index (χ2v) is 18.2. The molecule has 2 fully saturated rings. The molecular weight excluding hydrogens is 897 g/mol. The van der Waals surface area contributed by atoms with Gasteiger partial charge in [-0.3, -0.25) is 38.4 Å². The van der Waals surface area contributed by atoms with Gasteiger partial charge in [0.15, 0.2) is 0 Å². The van der Waals surface area contributed by atoms with Crippen molar-refractivity contribution in [2.75, 3.05) is 89.3 Å². The van der Waals surface area contributed by atoms with Gasteiger partial charge in [0.2, 0.25) is 11.8 Å². The number of hydrogen-bond donors (Lipinski definition) is 0. The minimum Gasteiger partial charge on any atom is -0.469 e. The molecule has 0 unspecified atom stereocenters.